The van der Waals surface area contributed by atoms with Crippen LogP contribution in [0.3, 0.4) is 0 Å². The van der Waals surface area contributed by atoms with E-state index < -0.39 is 0 Å². The average Bonchev–Trinajstić information content (AvgIpc) is 2.47. The van der Waals surface area contributed by atoms with E-state index in [2.05, 4.69) is 6.92 Å². The Morgan fingerprint density at radius 1 is 0.870 bits per heavy atom. The largest absolute Gasteiger partial charge is 0.462 e. The summed E-state index contributed by atoms with van der Waals surface area (Å²) in [6, 6.07) is 0. The van der Waals surface area contributed by atoms with Crippen molar-refractivity contribution in [2.24, 2.45) is 0 Å². The second-order valence-corrected chi connectivity index (χ2v) is 6.72. The van der Waals surface area contributed by atoms with Gasteiger partial charge in [-0.2, -0.15) is 0 Å². The molecule has 0 radical (unpaired) electrons. The van der Waals surface area contributed by atoms with Gasteiger partial charge in [0.2, 0.25) is 5.91 Å². The minimum Gasteiger partial charge on any atom is -0.462 e. The van der Waals surface area contributed by atoms with Gasteiger partial charge in [0.05, 0.1) is 6.10 Å². The molecule has 0 atom stereocenters. The van der Waals surface area contributed by atoms with E-state index in [1.54, 1.807) is 7.05 Å². The first-order valence-corrected chi connectivity index (χ1v) is 9.40. The third-order valence-electron chi connectivity index (χ3n) is 3.90. The molecule has 0 aromatic rings. The van der Waals surface area contributed by atoms with Crippen molar-refractivity contribution in [2.75, 3.05) is 13.6 Å². The van der Waals surface area contributed by atoms with Crippen LogP contribution in [0.2, 0.25) is 0 Å². The van der Waals surface area contributed by atoms with E-state index in [0.29, 0.717) is 6.42 Å². The molecule has 0 heterocycles. The van der Waals surface area contributed by atoms with Gasteiger partial charge in [-0.3, -0.25) is 9.59 Å². The Hall–Kier alpha value is -1.06. The van der Waals surface area contributed by atoms with Gasteiger partial charge in [-0.15, -0.1) is 0 Å². The molecule has 0 bridgehead atoms. The van der Waals surface area contributed by atoms with Gasteiger partial charge >= 0.3 is 5.97 Å². The van der Waals surface area contributed by atoms with Crippen molar-refractivity contribution in [3.05, 3.63) is 0 Å². The van der Waals surface area contributed by atoms with E-state index in [-0.39, 0.29) is 24.5 Å². The van der Waals surface area contributed by atoms with Crippen molar-refractivity contribution < 1.29 is 14.3 Å². The van der Waals surface area contributed by atoms with Crippen molar-refractivity contribution in [1.29, 1.82) is 0 Å². The van der Waals surface area contributed by atoms with Crippen LogP contribution in [-0.4, -0.2) is 36.5 Å². The number of nitrogens with zero attached hydrogens (tertiary/aromatic N) is 1. The van der Waals surface area contributed by atoms with Crippen LogP contribution in [0, 0.1) is 0 Å². The van der Waals surface area contributed by atoms with E-state index >= 15 is 0 Å². The first kappa shape index (κ1) is 21.9. The number of carbonyl (C=O) groups excluding carboxylic acids is 2. The first-order chi connectivity index (χ1) is 11.0. The molecule has 23 heavy (non-hydrogen) atoms. The highest BCUT2D eigenvalue weighted by atomic mass is 16.5. The van der Waals surface area contributed by atoms with Gasteiger partial charge in [0, 0.05) is 13.5 Å². The predicted molar refractivity (Wildman–Crippen MR) is 95.3 cm³/mol. The summed E-state index contributed by atoms with van der Waals surface area (Å²) >= 11 is 0. The molecule has 0 unspecified atom stereocenters. The van der Waals surface area contributed by atoms with Crippen molar-refractivity contribution in [3.63, 3.8) is 0 Å². The Morgan fingerprint density at radius 2 is 1.35 bits per heavy atom. The predicted octanol–water partition coefficient (Wildman–Crippen LogP) is 4.71. The van der Waals surface area contributed by atoms with Crippen molar-refractivity contribution in [2.45, 2.75) is 97.5 Å². The van der Waals surface area contributed by atoms with Crippen LogP contribution < -0.4 is 0 Å². The maximum atomic E-state index is 11.9. The summed E-state index contributed by atoms with van der Waals surface area (Å²) in [7, 11) is 1.67. The number of hydrogen-bond donors (Lipinski definition) is 0. The smallest absolute Gasteiger partial charge is 0.325 e. The molecule has 0 fully saturated rings. The van der Waals surface area contributed by atoms with Crippen molar-refractivity contribution in [3.8, 4) is 0 Å². The highest BCUT2D eigenvalue weighted by molar-refractivity contribution is 5.81. The standard InChI is InChI=1S/C19H37NO3/c1-5-6-7-8-9-10-11-12-13-14-15-18(21)20(4)16-19(22)23-17(2)3/h17H,5-16H2,1-4H3. The van der Waals surface area contributed by atoms with Gasteiger partial charge in [0.1, 0.15) is 6.54 Å². The average molecular weight is 328 g/mol. The normalized spacial score (nSPS) is 10.8. The molecule has 0 aromatic heterocycles. The number of esters is 1. The van der Waals surface area contributed by atoms with Gasteiger partial charge in [0.15, 0.2) is 0 Å². The number of amides is 1. The summed E-state index contributed by atoms with van der Waals surface area (Å²) < 4.78 is 5.04. The highest BCUT2D eigenvalue weighted by Gasteiger charge is 2.14. The third kappa shape index (κ3) is 14.3. The summed E-state index contributed by atoms with van der Waals surface area (Å²) in [6.45, 7) is 5.91. The van der Waals surface area contributed by atoms with E-state index in [1.165, 1.54) is 56.3 Å². The number of hydrogen-bond acceptors (Lipinski definition) is 3. The Bertz CT molecular complexity index is 316. The quantitative estimate of drug-likeness (QED) is 0.343. The molecule has 0 saturated heterocycles. The summed E-state index contributed by atoms with van der Waals surface area (Å²) in [6.07, 6.45) is 13.0. The van der Waals surface area contributed by atoms with Gasteiger partial charge in [-0.1, -0.05) is 64.7 Å². The van der Waals surface area contributed by atoms with Crippen LogP contribution in [0.5, 0.6) is 0 Å². The van der Waals surface area contributed by atoms with Crippen LogP contribution in [0.25, 0.3) is 0 Å². The molecular formula is C19H37NO3. The topological polar surface area (TPSA) is 46.6 Å². The Kier molecular flexibility index (Phi) is 13.9. The molecule has 0 spiro atoms. The molecule has 0 N–H and O–H groups in total. The molecule has 4 heteroatoms. The lowest BCUT2D eigenvalue weighted by Crippen LogP contribution is -2.33. The summed E-state index contributed by atoms with van der Waals surface area (Å²) in [5.41, 5.74) is 0. The van der Waals surface area contributed by atoms with Crippen molar-refractivity contribution in [1.82, 2.24) is 4.90 Å². The Balaban J connectivity index is 3.50. The molecule has 0 aliphatic carbocycles. The van der Waals surface area contributed by atoms with Gasteiger partial charge in [-0.25, -0.2) is 0 Å². The monoisotopic (exact) mass is 327 g/mol. The maximum absolute atomic E-state index is 11.9. The summed E-state index contributed by atoms with van der Waals surface area (Å²) in [5, 5.41) is 0. The van der Waals surface area contributed by atoms with Crippen LogP contribution >= 0.6 is 0 Å². The molecule has 0 aromatic carbocycles. The van der Waals surface area contributed by atoms with E-state index in [1.807, 2.05) is 13.8 Å². The van der Waals surface area contributed by atoms with E-state index in [0.717, 1.165) is 12.8 Å². The molecule has 0 rings (SSSR count). The first-order valence-electron chi connectivity index (χ1n) is 9.40. The van der Waals surface area contributed by atoms with Gasteiger partial charge < -0.3 is 9.64 Å². The molecule has 0 aliphatic heterocycles. The van der Waals surface area contributed by atoms with Gasteiger partial charge in [-0.05, 0) is 20.3 Å². The van der Waals surface area contributed by atoms with E-state index in [9.17, 15) is 9.59 Å². The number of likely N-dealkylation sites (N-methyl/N-ethyl adjacent to an activating group) is 1. The zero-order valence-corrected chi connectivity index (χ0v) is 15.7. The molecule has 0 saturated carbocycles. The summed E-state index contributed by atoms with van der Waals surface area (Å²) in [4.78, 5) is 24.9. The maximum Gasteiger partial charge on any atom is 0.325 e. The lowest BCUT2D eigenvalue weighted by molar-refractivity contribution is -0.151. The molecular weight excluding hydrogens is 290 g/mol. The van der Waals surface area contributed by atoms with Gasteiger partial charge in [0.25, 0.3) is 0 Å². The fourth-order valence-electron chi connectivity index (χ4n) is 2.54. The Morgan fingerprint density at radius 3 is 1.83 bits per heavy atom. The van der Waals surface area contributed by atoms with E-state index in [4.69, 9.17) is 4.74 Å². The minimum atomic E-state index is -0.334. The lowest BCUT2D eigenvalue weighted by Gasteiger charge is -2.17. The molecule has 0 aliphatic rings. The van der Waals surface area contributed by atoms with Crippen LogP contribution in [0.4, 0.5) is 0 Å². The Labute approximate surface area is 143 Å². The zero-order chi connectivity index (χ0) is 17.5. The minimum absolute atomic E-state index is 0.0327. The second-order valence-electron chi connectivity index (χ2n) is 6.72. The second kappa shape index (κ2) is 14.5. The lowest BCUT2D eigenvalue weighted by atomic mass is 10.1. The fourth-order valence-corrected chi connectivity index (χ4v) is 2.54. The number of unbranched alkanes of at least 4 members (excludes halogenated alkanes) is 9. The zero-order valence-electron chi connectivity index (χ0n) is 15.7. The highest BCUT2D eigenvalue weighted by Crippen LogP contribution is 2.11. The molecule has 1 amide bonds. The number of rotatable bonds is 14. The molecule has 136 valence electrons. The van der Waals surface area contributed by atoms with Crippen LogP contribution in [-0.2, 0) is 14.3 Å². The van der Waals surface area contributed by atoms with Crippen LogP contribution in [0.15, 0.2) is 0 Å². The molecule has 4 nitrogen and oxygen atoms in total. The van der Waals surface area contributed by atoms with Crippen LogP contribution in [0.1, 0.15) is 91.4 Å². The SMILES string of the molecule is CCCCCCCCCCCCC(=O)N(C)CC(=O)OC(C)C. The van der Waals surface area contributed by atoms with Crippen molar-refractivity contribution >= 4 is 11.9 Å². The number of ether oxygens (including phenoxy) is 1. The third-order valence-corrected chi connectivity index (χ3v) is 3.90. The summed E-state index contributed by atoms with van der Waals surface area (Å²) in [5.74, 6) is -0.302. The fraction of sp³-hybridized carbons (Fsp3) is 0.895. The number of carbonyl (C=O) groups is 2.